The highest BCUT2D eigenvalue weighted by atomic mass is 35.5. The molecule has 0 bridgehead atoms. The normalized spacial score (nSPS) is 15.4. The van der Waals surface area contributed by atoms with E-state index >= 15 is 0 Å². The molecule has 1 aliphatic rings. The molecule has 0 aromatic rings. The van der Waals surface area contributed by atoms with Gasteiger partial charge in [-0.1, -0.05) is 0 Å². The van der Waals surface area contributed by atoms with Crippen molar-refractivity contribution < 1.29 is 14.7 Å². The van der Waals surface area contributed by atoms with E-state index in [4.69, 9.17) is 21.5 Å². The third-order valence-corrected chi connectivity index (χ3v) is 1.81. The molecule has 0 aromatic heterocycles. The number of rotatable bonds is 1. The molecule has 14 heavy (non-hydrogen) atoms. The van der Waals surface area contributed by atoms with Gasteiger partial charge in [-0.2, -0.15) is 0 Å². The molecule has 1 saturated heterocycles. The zero-order valence-electron chi connectivity index (χ0n) is 7.70. The van der Waals surface area contributed by atoms with Crippen LogP contribution < -0.4 is 11.1 Å². The highest BCUT2D eigenvalue weighted by molar-refractivity contribution is 6.27. The number of carbonyl (C=O) groups is 2. The van der Waals surface area contributed by atoms with E-state index in [1.165, 1.54) is 0 Å². The minimum Gasteiger partial charge on any atom is -0.465 e. The van der Waals surface area contributed by atoms with Gasteiger partial charge in [0, 0.05) is 26.2 Å². The van der Waals surface area contributed by atoms with E-state index in [-0.39, 0.29) is 11.8 Å². The molecule has 7 heteroatoms. The molecular formula is C7H14ClN3O3. The lowest BCUT2D eigenvalue weighted by Crippen LogP contribution is -2.46. The minimum atomic E-state index is -1.33. The van der Waals surface area contributed by atoms with Crippen molar-refractivity contribution in [1.82, 2.24) is 10.2 Å². The van der Waals surface area contributed by atoms with Gasteiger partial charge in [0.1, 0.15) is 5.88 Å². The second kappa shape index (κ2) is 7.40. The Hall–Kier alpha value is -1.01. The molecule has 1 heterocycles. The maximum Gasteiger partial charge on any atom is 0.402 e. The molecule has 4 N–H and O–H groups in total. The number of carbonyl (C=O) groups excluding carboxylic acids is 1. The largest absolute Gasteiger partial charge is 0.465 e. The Morgan fingerprint density at radius 3 is 2.21 bits per heavy atom. The standard InChI is InChI=1S/C6H11ClN2O.CH3NO2/c7-5-6(10)9-3-1-8-2-4-9;2-1(3)4/h8H,1-5H2;2H2,(H,3,4). The van der Waals surface area contributed by atoms with Crippen LogP contribution in [0.4, 0.5) is 4.79 Å². The second-order valence-electron chi connectivity index (χ2n) is 2.60. The van der Waals surface area contributed by atoms with Crippen molar-refractivity contribution in [2.75, 3.05) is 32.1 Å². The number of halogens is 1. The molecule has 0 aliphatic carbocycles. The predicted molar refractivity (Wildman–Crippen MR) is 52.4 cm³/mol. The summed E-state index contributed by atoms with van der Waals surface area (Å²) in [4.78, 5) is 21.5. The summed E-state index contributed by atoms with van der Waals surface area (Å²) in [6, 6.07) is 0. The van der Waals surface area contributed by atoms with Gasteiger partial charge in [0.25, 0.3) is 0 Å². The Labute approximate surface area is 87.0 Å². The van der Waals surface area contributed by atoms with Crippen LogP contribution in [-0.2, 0) is 4.79 Å². The van der Waals surface area contributed by atoms with Gasteiger partial charge in [0.2, 0.25) is 5.91 Å². The third kappa shape index (κ3) is 6.50. The van der Waals surface area contributed by atoms with Crippen molar-refractivity contribution >= 4 is 23.6 Å². The maximum atomic E-state index is 10.9. The SMILES string of the molecule is NC(=O)O.O=C(CCl)N1CCNCC1. The first kappa shape index (κ1) is 13.0. The number of carboxylic acid groups (broad SMARTS) is 1. The smallest absolute Gasteiger partial charge is 0.402 e. The van der Waals surface area contributed by atoms with Gasteiger partial charge in [0.15, 0.2) is 0 Å². The van der Waals surface area contributed by atoms with Crippen LogP contribution in [0, 0.1) is 0 Å². The van der Waals surface area contributed by atoms with Crippen LogP contribution in [0.1, 0.15) is 0 Å². The molecule has 0 spiro atoms. The molecule has 0 aromatic carbocycles. The first-order chi connectivity index (χ1) is 6.57. The zero-order chi connectivity index (χ0) is 11.0. The van der Waals surface area contributed by atoms with E-state index in [0.29, 0.717) is 0 Å². The van der Waals surface area contributed by atoms with Crippen LogP contribution in [0.15, 0.2) is 0 Å². The van der Waals surface area contributed by atoms with Crippen molar-refractivity contribution in [1.29, 1.82) is 0 Å². The number of nitrogens with one attached hydrogen (secondary N) is 1. The molecule has 0 radical (unpaired) electrons. The Morgan fingerprint density at radius 1 is 1.43 bits per heavy atom. The molecular weight excluding hydrogens is 210 g/mol. The van der Waals surface area contributed by atoms with E-state index in [1.807, 2.05) is 0 Å². The van der Waals surface area contributed by atoms with E-state index in [2.05, 4.69) is 11.1 Å². The Bertz CT molecular complexity index is 191. The van der Waals surface area contributed by atoms with Crippen molar-refractivity contribution in [3.63, 3.8) is 0 Å². The summed E-state index contributed by atoms with van der Waals surface area (Å²) >= 11 is 5.37. The molecule has 2 amide bonds. The summed E-state index contributed by atoms with van der Waals surface area (Å²) in [5.74, 6) is 0.156. The first-order valence-electron chi connectivity index (χ1n) is 4.10. The number of primary amides is 1. The van der Waals surface area contributed by atoms with Gasteiger partial charge in [-0.3, -0.25) is 4.79 Å². The van der Waals surface area contributed by atoms with Crippen molar-refractivity contribution in [3.8, 4) is 0 Å². The number of nitrogens with two attached hydrogens (primary N) is 1. The first-order valence-corrected chi connectivity index (χ1v) is 4.64. The molecule has 0 saturated carbocycles. The monoisotopic (exact) mass is 223 g/mol. The highest BCUT2D eigenvalue weighted by Gasteiger charge is 2.13. The molecule has 82 valence electrons. The number of nitrogens with zero attached hydrogens (tertiary/aromatic N) is 1. The van der Waals surface area contributed by atoms with Crippen molar-refractivity contribution in [2.24, 2.45) is 5.73 Å². The van der Waals surface area contributed by atoms with Crippen LogP contribution in [0.25, 0.3) is 0 Å². The Balaban J connectivity index is 0.000000364. The van der Waals surface area contributed by atoms with Crippen LogP contribution in [-0.4, -0.2) is 54.1 Å². The number of hydrogen-bond donors (Lipinski definition) is 3. The molecule has 0 unspecified atom stereocenters. The lowest BCUT2D eigenvalue weighted by Gasteiger charge is -2.26. The average molecular weight is 224 g/mol. The number of alkyl halides is 1. The van der Waals surface area contributed by atoms with Crippen molar-refractivity contribution in [2.45, 2.75) is 0 Å². The molecule has 1 fully saturated rings. The Morgan fingerprint density at radius 2 is 1.86 bits per heavy atom. The van der Waals surface area contributed by atoms with Crippen LogP contribution in [0.5, 0.6) is 0 Å². The quantitative estimate of drug-likeness (QED) is 0.512. The summed E-state index contributed by atoms with van der Waals surface area (Å²) in [7, 11) is 0. The van der Waals surface area contributed by atoms with E-state index in [1.54, 1.807) is 4.90 Å². The van der Waals surface area contributed by atoms with E-state index < -0.39 is 6.09 Å². The lowest BCUT2D eigenvalue weighted by atomic mass is 10.3. The fourth-order valence-corrected chi connectivity index (χ4v) is 1.17. The van der Waals surface area contributed by atoms with Crippen LogP contribution in [0.2, 0.25) is 0 Å². The predicted octanol–water partition coefficient (Wildman–Crippen LogP) is -0.720. The minimum absolute atomic E-state index is 0.0446. The number of amides is 2. The lowest BCUT2D eigenvalue weighted by molar-refractivity contribution is -0.129. The summed E-state index contributed by atoms with van der Waals surface area (Å²) in [5, 5.41) is 10.4. The highest BCUT2D eigenvalue weighted by Crippen LogP contribution is 1.93. The topological polar surface area (TPSA) is 95.7 Å². The molecule has 1 aliphatic heterocycles. The second-order valence-corrected chi connectivity index (χ2v) is 2.87. The average Bonchev–Trinajstić information content (AvgIpc) is 2.17. The van der Waals surface area contributed by atoms with Gasteiger partial charge in [-0.05, 0) is 0 Å². The Kier molecular flexibility index (Phi) is 6.87. The van der Waals surface area contributed by atoms with E-state index in [0.717, 1.165) is 26.2 Å². The summed E-state index contributed by atoms with van der Waals surface area (Å²) in [5.41, 5.74) is 4.03. The summed E-state index contributed by atoms with van der Waals surface area (Å²) in [6.45, 7) is 3.38. The summed E-state index contributed by atoms with van der Waals surface area (Å²) < 4.78 is 0. The fraction of sp³-hybridized carbons (Fsp3) is 0.714. The van der Waals surface area contributed by atoms with Gasteiger partial charge in [-0.15, -0.1) is 11.6 Å². The van der Waals surface area contributed by atoms with Gasteiger partial charge >= 0.3 is 6.09 Å². The number of hydrogen-bond acceptors (Lipinski definition) is 3. The van der Waals surface area contributed by atoms with Crippen LogP contribution in [0.3, 0.4) is 0 Å². The number of piperazine rings is 1. The fourth-order valence-electron chi connectivity index (χ4n) is 0.999. The van der Waals surface area contributed by atoms with Gasteiger partial charge in [0.05, 0.1) is 0 Å². The van der Waals surface area contributed by atoms with Crippen molar-refractivity contribution in [3.05, 3.63) is 0 Å². The molecule has 6 nitrogen and oxygen atoms in total. The van der Waals surface area contributed by atoms with E-state index in [9.17, 15) is 4.79 Å². The third-order valence-electron chi connectivity index (χ3n) is 1.58. The molecule has 1 rings (SSSR count). The maximum absolute atomic E-state index is 10.9. The van der Waals surface area contributed by atoms with Crippen LogP contribution >= 0.6 is 11.6 Å². The van der Waals surface area contributed by atoms with Gasteiger partial charge in [-0.25, -0.2) is 4.79 Å². The zero-order valence-corrected chi connectivity index (χ0v) is 8.46. The van der Waals surface area contributed by atoms with Gasteiger partial charge < -0.3 is 21.1 Å². The molecule has 0 atom stereocenters. The summed E-state index contributed by atoms with van der Waals surface area (Å²) in [6.07, 6.45) is -1.33.